The lowest BCUT2D eigenvalue weighted by molar-refractivity contribution is 0.102. The number of carbonyl (C=O) groups is 1. The molecule has 0 N–H and O–H groups in total. The van der Waals surface area contributed by atoms with Crippen molar-refractivity contribution in [2.24, 2.45) is 5.92 Å². The third kappa shape index (κ3) is 4.84. The van der Waals surface area contributed by atoms with Gasteiger partial charge in [0.2, 0.25) is 0 Å². The minimum Gasteiger partial charge on any atom is -0.293 e. The second-order valence-electron chi connectivity index (χ2n) is 4.52. The van der Waals surface area contributed by atoms with E-state index in [9.17, 15) is 4.79 Å². The van der Waals surface area contributed by atoms with E-state index in [1.165, 1.54) is 12.0 Å². The van der Waals surface area contributed by atoms with E-state index >= 15 is 0 Å². The Hall–Kier alpha value is -0.760. The number of thioether (sulfide) groups is 1. The minimum absolute atomic E-state index is 0.244. The quantitative estimate of drug-likeness (QED) is 0.549. The minimum atomic E-state index is 0.244. The molecule has 2 heteroatoms. The topological polar surface area (TPSA) is 17.1 Å². The van der Waals surface area contributed by atoms with Crippen molar-refractivity contribution in [3.63, 3.8) is 0 Å². The average Bonchev–Trinajstić information content (AvgIpc) is 2.25. The van der Waals surface area contributed by atoms with Gasteiger partial charge in [0.1, 0.15) is 0 Å². The molecule has 1 rings (SSSR count). The summed E-state index contributed by atoms with van der Waals surface area (Å²) in [5.74, 6) is 2.65. The molecule has 16 heavy (non-hydrogen) atoms. The lowest BCUT2D eigenvalue weighted by Gasteiger charge is -2.04. The fraction of sp³-hybridized carbons (Fsp3) is 0.500. The monoisotopic (exact) mass is 236 g/mol. The standard InChI is InChI=1S/C14H20OS/c1-11(2)8-9-16-10-14(15)13-6-4-12(3)5-7-13/h4-7,11H,8-10H2,1-3H3. The Bertz CT molecular complexity index is 327. The lowest BCUT2D eigenvalue weighted by atomic mass is 10.1. The van der Waals surface area contributed by atoms with E-state index in [-0.39, 0.29) is 5.78 Å². The van der Waals surface area contributed by atoms with Crippen LogP contribution in [0.25, 0.3) is 0 Å². The summed E-state index contributed by atoms with van der Waals surface area (Å²) in [7, 11) is 0. The second kappa shape index (κ2) is 6.74. The number of rotatable bonds is 6. The van der Waals surface area contributed by atoms with E-state index in [0.717, 1.165) is 17.2 Å². The molecule has 0 bridgehead atoms. The number of carbonyl (C=O) groups excluding carboxylic acids is 1. The first-order valence-electron chi connectivity index (χ1n) is 5.77. The molecule has 0 aliphatic rings. The lowest BCUT2D eigenvalue weighted by Crippen LogP contribution is -2.03. The molecule has 0 radical (unpaired) electrons. The number of ketones is 1. The van der Waals surface area contributed by atoms with Crippen molar-refractivity contribution in [3.05, 3.63) is 35.4 Å². The van der Waals surface area contributed by atoms with Crippen LogP contribution in [0.1, 0.15) is 36.2 Å². The molecule has 1 aromatic rings. The number of Topliss-reactive ketones (excluding diaryl/α,β-unsaturated/α-hetero) is 1. The van der Waals surface area contributed by atoms with Gasteiger partial charge < -0.3 is 0 Å². The van der Waals surface area contributed by atoms with Gasteiger partial charge in [-0.15, -0.1) is 0 Å². The first kappa shape index (κ1) is 13.3. The van der Waals surface area contributed by atoms with Crippen LogP contribution in [0.5, 0.6) is 0 Å². The predicted molar refractivity (Wildman–Crippen MR) is 72.3 cm³/mol. The van der Waals surface area contributed by atoms with Crippen LogP contribution < -0.4 is 0 Å². The zero-order valence-electron chi connectivity index (χ0n) is 10.3. The number of hydrogen-bond donors (Lipinski definition) is 0. The SMILES string of the molecule is Cc1ccc(C(=O)CSCCC(C)C)cc1. The largest absolute Gasteiger partial charge is 0.293 e. The second-order valence-corrected chi connectivity index (χ2v) is 5.63. The van der Waals surface area contributed by atoms with E-state index < -0.39 is 0 Å². The predicted octanol–water partition coefficient (Wildman–Crippen LogP) is 3.96. The molecule has 0 saturated carbocycles. The molecule has 1 nitrogen and oxygen atoms in total. The normalized spacial score (nSPS) is 10.8. The van der Waals surface area contributed by atoms with Crippen LogP contribution in [0.4, 0.5) is 0 Å². The van der Waals surface area contributed by atoms with Crippen LogP contribution >= 0.6 is 11.8 Å². The smallest absolute Gasteiger partial charge is 0.172 e. The van der Waals surface area contributed by atoms with Crippen molar-refractivity contribution in [2.45, 2.75) is 27.2 Å². The molecule has 0 heterocycles. The Kier molecular flexibility index (Phi) is 5.61. The molecule has 0 unspecified atom stereocenters. The van der Waals surface area contributed by atoms with Crippen molar-refractivity contribution in [3.8, 4) is 0 Å². The summed E-state index contributed by atoms with van der Waals surface area (Å²) in [5.41, 5.74) is 2.03. The maximum Gasteiger partial charge on any atom is 0.172 e. The van der Waals surface area contributed by atoms with Gasteiger partial charge in [-0.3, -0.25) is 4.79 Å². The summed E-state index contributed by atoms with van der Waals surface area (Å²) in [6.45, 7) is 6.45. The Morgan fingerprint density at radius 3 is 2.44 bits per heavy atom. The van der Waals surface area contributed by atoms with Gasteiger partial charge in [-0.2, -0.15) is 11.8 Å². The summed E-state index contributed by atoms with van der Waals surface area (Å²) in [6.07, 6.45) is 1.19. The van der Waals surface area contributed by atoms with Gasteiger partial charge in [-0.25, -0.2) is 0 Å². The van der Waals surface area contributed by atoms with Gasteiger partial charge in [-0.05, 0) is 25.0 Å². The molecule has 0 saturated heterocycles. The molecule has 0 fully saturated rings. The molecule has 0 spiro atoms. The fourth-order valence-corrected chi connectivity index (χ4v) is 2.44. The Morgan fingerprint density at radius 2 is 1.88 bits per heavy atom. The molecular formula is C14H20OS. The Balaban J connectivity index is 2.32. The molecule has 0 aliphatic carbocycles. The molecular weight excluding hydrogens is 216 g/mol. The summed E-state index contributed by atoms with van der Waals surface area (Å²) in [4.78, 5) is 11.8. The summed E-state index contributed by atoms with van der Waals surface area (Å²) in [6, 6.07) is 7.82. The Labute approximate surface area is 103 Å². The average molecular weight is 236 g/mol. The van der Waals surface area contributed by atoms with E-state index in [4.69, 9.17) is 0 Å². The fourth-order valence-electron chi connectivity index (χ4n) is 1.31. The maximum absolute atomic E-state index is 11.8. The van der Waals surface area contributed by atoms with Crippen molar-refractivity contribution >= 4 is 17.5 Å². The molecule has 0 aliphatic heterocycles. The van der Waals surface area contributed by atoms with Crippen LogP contribution in [0.15, 0.2) is 24.3 Å². The third-order valence-corrected chi connectivity index (χ3v) is 3.44. The van der Waals surface area contributed by atoms with Gasteiger partial charge >= 0.3 is 0 Å². The van der Waals surface area contributed by atoms with Crippen molar-refractivity contribution < 1.29 is 4.79 Å². The van der Waals surface area contributed by atoms with Gasteiger partial charge in [0, 0.05) is 5.56 Å². The van der Waals surface area contributed by atoms with Crippen LogP contribution in [-0.4, -0.2) is 17.3 Å². The van der Waals surface area contributed by atoms with E-state index in [2.05, 4.69) is 13.8 Å². The maximum atomic E-state index is 11.8. The van der Waals surface area contributed by atoms with Gasteiger partial charge in [-0.1, -0.05) is 43.7 Å². The first-order valence-corrected chi connectivity index (χ1v) is 6.92. The molecule has 0 amide bonds. The highest BCUT2D eigenvalue weighted by molar-refractivity contribution is 7.99. The number of hydrogen-bond acceptors (Lipinski definition) is 2. The van der Waals surface area contributed by atoms with Crippen LogP contribution in [-0.2, 0) is 0 Å². The van der Waals surface area contributed by atoms with E-state index in [0.29, 0.717) is 5.75 Å². The third-order valence-electron chi connectivity index (χ3n) is 2.45. The molecule has 1 aromatic carbocycles. The van der Waals surface area contributed by atoms with E-state index in [1.807, 2.05) is 31.2 Å². The summed E-state index contributed by atoms with van der Waals surface area (Å²) < 4.78 is 0. The number of benzene rings is 1. The van der Waals surface area contributed by atoms with Crippen LogP contribution in [0, 0.1) is 12.8 Å². The molecule has 0 aromatic heterocycles. The van der Waals surface area contributed by atoms with Crippen LogP contribution in [0.3, 0.4) is 0 Å². The van der Waals surface area contributed by atoms with Crippen LogP contribution in [0.2, 0.25) is 0 Å². The highest BCUT2D eigenvalue weighted by atomic mass is 32.2. The number of aryl methyl sites for hydroxylation is 1. The summed E-state index contributed by atoms with van der Waals surface area (Å²) >= 11 is 1.74. The van der Waals surface area contributed by atoms with Crippen molar-refractivity contribution in [2.75, 3.05) is 11.5 Å². The zero-order chi connectivity index (χ0) is 12.0. The van der Waals surface area contributed by atoms with E-state index in [1.54, 1.807) is 11.8 Å². The molecule has 88 valence electrons. The van der Waals surface area contributed by atoms with Crippen molar-refractivity contribution in [1.82, 2.24) is 0 Å². The first-order chi connectivity index (χ1) is 7.59. The highest BCUT2D eigenvalue weighted by Gasteiger charge is 2.05. The van der Waals surface area contributed by atoms with Gasteiger partial charge in [0.25, 0.3) is 0 Å². The summed E-state index contributed by atoms with van der Waals surface area (Å²) in [5, 5.41) is 0. The Morgan fingerprint density at radius 1 is 1.25 bits per heavy atom. The van der Waals surface area contributed by atoms with Crippen molar-refractivity contribution in [1.29, 1.82) is 0 Å². The zero-order valence-corrected chi connectivity index (χ0v) is 11.1. The van der Waals surface area contributed by atoms with Gasteiger partial charge in [0.05, 0.1) is 5.75 Å². The highest BCUT2D eigenvalue weighted by Crippen LogP contribution is 2.12. The van der Waals surface area contributed by atoms with Gasteiger partial charge in [0.15, 0.2) is 5.78 Å². The molecule has 0 atom stereocenters.